The van der Waals surface area contributed by atoms with Crippen LogP contribution >= 0.6 is 0 Å². The fourth-order valence-corrected chi connectivity index (χ4v) is 0.582. The summed E-state index contributed by atoms with van der Waals surface area (Å²) in [5, 5.41) is 9.80. The standard InChI is InChI=1S/C7H13NO2/c1-2-3-4-5-6-7-8(9)10/h4-5H,2-3,6-7H2,1H3. The molecule has 0 heterocycles. The van der Waals surface area contributed by atoms with Crippen LogP contribution in [0.1, 0.15) is 26.2 Å². The lowest BCUT2D eigenvalue weighted by Crippen LogP contribution is -1.97. The van der Waals surface area contributed by atoms with Crippen LogP contribution in [0.3, 0.4) is 0 Å². The zero-order chi connectivity index (χ0) is 7.82. The van der Waals surface area contributed by atoms with Crippen molar-refractivity contribution in [2.45, 2.75) is 26.2 Å². The first-order chi connectivity index (χ1) is 4.77. The monoisotopic (exact) mass is 143 g/mol. The van der Waals surface area contributed by atoms with Gasteiger partial charge in [-0.3, -0.25) is 10.1 Å². The highest BCUT2D eigenvalue weighted by Crippen LogP contribution is 1.90. The van der Waals surface area contributed by atoms with Gasteiger partial charge >= 0.3 is 0 Å². The summed E-state index contributed by atoms with van der Waals surface area (Å²) in [4.78, 5) is 9.51. The molecule has 0 N–H and O–H groups in total. The highest BCUT2D eigenvalue weighted by Gasteiger charge is 1.89. The zero-order valence-electron chi connectivity index (χ0n) is 6.25. The van der Waals surface area contributed by atoms with Crippen LogP contribution in [-0.4, -0.2) is 11.5 Å². The van der Waals surface area contributed by atoms with E-state index in [-0.39, 0.29) is 11.5 Å². The van der Waals surface area contributed by atoms with Crippen molar-refractivity contribution in [2.24, 2.45) is 0 Å². The summed E-state index contributed by atoms with van der Waals surface area (Å²) in [6.45, 7) is 2.14. The van der Waals surface area contributed by atoms with E-state index in [0.29, 0.717) is 6.42 Å². The molecule has 0 aliphatic rings. The molecule has 0 saturated heterocycles. The molecule has 0 aliphatic carbocycles. The largest absolute Gasteiger partial charge is 0.265 e. The van der Waals surface area contributed by atoms with Crippen molar-refractivity contribution >= 4 is 0 Å². The minimum Gasteiger partial charge on any atom is -0.265 e. The van der Waals surface area contributed by atoms with E-state index in [0.717, 1.165) is 12.8 Å². The third kappa shape index (κ3) is 7.14. The van der Waals surface area contributed by atoms with Crippen LogP contribution in [0.25, 0.3) is 0 Å². The molecule has 58 valence electrons. The van der Waals surface area contributed by atoms with Crippen LogP contribution in [0.15, 0.2) is 12.2 Å². The Labute approximate surface area is 60.9 Å². The summed E-state index contributed by atoms with van der Waals surface area (Å²) < 4.78 is 0. The topological polar surface area (TPSA) is 43.1 Å². The first-order valence-electron chi connectivity index (χ1n) is 3.54. The summed E-state index contributed by atoms with van der Waals surface area (Å²) in [5.41, 5.74) is 0. The van der Waals surface area contributed by atoms with Gasteiger partial charge in [-0.05, 0) is 6.42 Å². The first kappa shape index (κ1) is 9.14. The molecule has 3 heteroatoms. The van der Waals surface area contributed by atoms with E-state index in [2.05, 4.69) is 6.92 Å². The molecule has 0 bridgehead atoms. The number of hydrogen-bond donors (Lipinski definition) is 0. The minimum absolute atomic E-state index is 0.0558. The molecule has 0 fully saturated rings. The Hall–Kier alpha value is -0.860. The van der Waals surface area contributed by atoms with Crippen LogP contribution in [0.5, 0.6) is 0 Å². The molecule has 0 aromatic carbocycles. The molecule has 0 atom stereocenters. The maximum absolute atomic E-state index is 9.80. The van der Waals surface area contributed by atoms with Crippen LogP contribution in [-0.2, 0) is 0 Å². The highest BCUT2D eigenvalue weighted by molar-refractivity contribution is 4.80. The average Bonchev–Trinajstić information content (AvgIpc) is 1.87. The Balaban J connectivity index is 3.10. The number of nitro groups is 1. The van der Waals surface area contributed by atoms with E-state index in [9.17, 15) is 10.1 Å². The van der Waals surface area contributed by atoms with E-state index in [4.69, 9.17) is 0 Å². The van der Waals surface area contributed by atoms with Gasteiger partial charge in [0.25, 0.3) is 0 Å². The van der Waals surface area contributed by atoms with Crippen molar-refractivity contribution in [3.8, 4) is 0 Å². The molecule has 0 amide bonds. The molecule has 0 aliphatic heterocycles. The maximum atomic E-state index is 9.80. The molecular weight excluding hydrogens is 130 g/mol. The normalized spacial score (nSPS) is 10.5. The van der Waals surface area contributed by atoms with Gasteiger partial charge in [0.15, 0.2) is 0 Å². The molecule has 0 aromatic heterocycles. The third-order valence-electron chi connectivity index (χ3n) is 1.10. The Bertz CT molecular complexity index is 121. The summed E-state index contributed by atoms with van der Waals surface area (Å²) in [6, 6.07) is 0. The number of hydrogen-bond acceptors (Lipinski definition) is 2. The molecule has 0 radical (unpaired) electrons. The highest BCUT2D eigenvalue weighted by atomic mass is 16.6. The smallest absolute Gasteiger partial charge is 0.207 e. The van der Waals surface area contributed by atoms with Crippen molar-refractivity contribution in [3.05, 3.63) is 22.3 Å². The van der Waals surface area contributed by atoms with Gasteiger partial charge in [0.05, 0.1) is 0 Å². The second kappa shape index (κ2) is 6.26. The van der Waals surface area contributed by atoms with Crippen molar-refractivity contribution in [3.63, 3.8) is 0 Å². The quantitative estimate of drug-likeness (QED) is 0.335. The van der Waals surface area contributed by atoms with Crippen molar-refractivity contribution < 1.29 is 4.92 Å². The third-order valence-corrected chi connectivity index (χ3v) is 1.10. The maximum Gasteiger partial charge on any atom is 0.207 e. The predicted molar refractivity (Wildman–Crippen MR) is 40.5 cm³/mol. The summed E-state index contributed by atoms with van der Waals surface area (Å²) in [7, 11) is 0. The van der Waals surface area contributed by atoms with Crippen molar-refractivity contribution in [2.75, 3.05) is 6.54 Å². The van der Waals surface area contributed by atoms with E-state index in [1.54, 1.807) is 0 Å². The number of nitrogens with zero attached hydrogens (tertiary/aromatic N) is 1. The number of unbranched alkanes of at least 4 members (excludes halogenated alkanes) is 1. The Morgan fingerprint density at radius 1 is 1.40 bits per heavy atom. The summed E-state index contributed by atoms with van der Waals surface area (Å²) in [6.07, 6.45) is 6.55. The van der Waals surface area contributed by atoms with Crippen LogP contribution in [0, 0.1) is 10.1 Å². The van der Waals surface area contributed by atoms with E-state index in [1.807, 2.05) is 12.2 Å². The van der Waals surface area contributed by atoms with Crippen molar-refractivity contribution in [1.29, 1.82) is 0 Å². The second-order valence-corrected chi connectivity index (χ2v) is 2.11. The Morgan fingerprint density at radius 2 is 2.00 bits per heavy atom. The average molecular weight is 143 g/mol. The van der Waals surface area contributed by atoms with E-state index in [1.165, 1.54) is 0 Å². The predicted octanol–water partition coefficient (Wildman–Crippen LogP) is 2.01. The van der Waals surface area contributed by atoms with Crippen LogP contribution < -0.4 is 0 Å². The van der Waals surface area contributed by atoms with Gasteiger partial charge in [-0.2, -0.15) is 0 Å². The van der Waals surface area contributed by atoms with Gasteiger partial charge in [-0.15, -0.1) is 0 Å². The Kier molecular flexibility index (Phi) is 5.72. The molecule has 10 heavy (non-hydrogen) atoms. The fourth-order valence-electron chi connectivity index (χ4n) is 0.582. The molecule has 0 saturated carbocycles. The fraction of sp³-hybridized carbons (Fsp3) is 0.714. The summed E-state index contributed by atoms with van der Waals surface area (Å²) >= 11 is 0. The van der Waals surface area contributed by atoms with Gasteiger partial charge in [0.2, 0.25) is 6.54 Å². The van der Waals surface area contributed by atoms with Gasteiger partial charge in [-0.1, -0.05) is 25.5 Å². The van der Waals surface area contributed by atoms with Crippen LogP contribution in [0.4, 0.5) is 0 Å². The lowest BCUT2D eigenvalue weighted by Gasteiger charge is -1.86. The molecule has 0 spiro atoms. The number of rotatable bonds is 5. The molecule has 3 nitrogen and oxygen atoms in total. The van der Waals surface area contributed by atoms with Crippen molar-refractivity contribution in [1.82, 2.24) is 0 Å². The zero-order valence-corrected chi connectivity index (χ0v) is 6.25. The van der Waals surface area contributed by atoms with E-state index >= 15 is 0 Å². The number of allylic oxidation sites excluding steroid dienone is 1. The van der Waals surface area contributed by atoms with Gasteiger partial charge in [-0.25, -0.2) is 0 Å². The van der Waals surface area contributed by atoms with E-state index < -0.39 is 0 Å². The second-order valence-electron chi connectivity index (χ2n) is 2.11. The molecule has 0 aromatic rings. The molecular formula is C7H13NO2. The first-order valence-corrected chi connectivity index (χ1v) is 3.54. The molecule has 0 rings (SSSR count). The van der Waals surface area contributed by atoms with Gasteiger partial charge in [0, 0.05) is 11.3 Å². The lowest BCUT2D eigenvalue weighted by molar-refractivity contribution is -0.478. The lowest BCUT2D eigenvalue weighted by atomic mass is 10.3. The van der Waals surface area contributed by atoms with Gasteiger partial charge in [0.1, 0.15) is 0 Å². The van der Waals surface area contributed by atoms with Crippen LogP contribution in [0.2, 0.25) is 0 Å². The Morgan fingerprint density at radius 3 is 2.50 bits per heavy atom. The SMILES string of the molecule is CCCC=CCC[N+](=O)[O-]. The molecule has 0 unspecified atom stereocenters. The van der Waals surface area contributed by atoms with Gasteiger partial charge < -0.3 is 0 Å². The summed E-state index contributed by atoms with van der Waals surface area (Å²) in [5.74, 6) is 0. The minimum atomic E-state index is -0.295.